The normalized spacial score (nSPS) is 10.4. The molecular formula is C21H20N2O4. The Bertz CT molecular complexity index is 927. The van der Waals surface area contributed by atoms with E-state index in [1.807, 2.05) is 48.5 Å². The van der Waals surface area contributed by atoms with Crippen LogP contribution in [-0.2, 0) is 17.8 Å². The van der Waals surface area contributed by atoms with E-state index >= 15 is 0 Å². The molecule has 0 unspecified atom stereocenters. The Hall–Kier alpha value is -3.41. The first-order valence-corrected chi connectivity index (χ1v) is 8.55. The number of carbonyl (C=O) groups is 1. The van der Waals surface area contributed by atoms with Crippen molar-refractivity contribution in [2.24, 2.45) is 0 Å². The summed E-state index contributed by atoms with van der Waals surface area (Å²) < 4.78 is 11.3. The summed E-state index contributed by atoms with van der Waals surface area (Å²) in [6.07, 6.45) is 2.16. The summed E-state index contributed by atoms with van der Waals surface area (Å²) in [5.41, 5.74) is 2.39. The molecule has 1 aromatic heterocycles. The summed E-state index contributed by atoms with van der Waals surface area (Å²) in [5.74, 6) is 1.10. The molecule has 3 aromatic rings. The molecule has 1 heterocycles. The minimum absolute atomic E-state index is 0.0613. The van der Waals surface area contributed by atoms with Gasteiger partial charge in [-0.05, 0) is 36.2 Å². The molecule has 0 saturated heterocycles. The van der Waals surface area contributed by atoms with E-state index in [1.165, 1.54) is 0 Å². The molecule has 0 radical (unpaired) electrons. The number of rotatable bonds is 8. The lowest BCUT2D eigenvalue weighted by atomic mass is 10.1. The van der Waals surface area contributed by atoms with Gasteiger partial charge < -0.3 is 14.6 Å². The van der Waals surface area contributed by atoms with Crippen LogP contribution in [0.25, 0.3) is 11.4 Å². The quantitative estimate of drug-likeness (QED) is 0.656. The predicted molar refractivity (Wildman–Crippen MR) is 101 cm³/mol. The van der Waals surface area contributed by atoms with Gasteiger partial charge in [-0.25, -0.2) is 9.97 Å². The molecule has 2 aromatic carbocycles. The highest BCUT2D eigenvalue weighted by atomic mass is 16.5. The molecule has 0 fully saturated rings. The molecule has 0 saturated carbocycles. The second kappa shape index (κ2) is 8.80. The molecule has 6 heteroatoms. The summed E-state index contributed by atoms with van der Waals surface area (Å²) in [5, 5.41) is 8.89. The van der Waals surface area contributed by atoms with Gasteiger partial charge in [-0.15, -0.1) is 0 Å². The van der Waals surface area contributed by atoms with Crippen molar-refractivity contribution in [3.8, 4) is 22.9 Å². The summed E-state index contributed by atoms with van der Waals surface area (Å²) in [7, 11) is 1.61. The first kappa shape index (κ1) is 18.4. The van der Waals surface area contributed by atoms with Crippen LogP contribution in [0.3, 0.4) is 0 Å². The minimum atomic E-state index is -0.831. The molecule has 27 heavy (non-hydrogen) atoms. The molecule has 0 aliphatic heterocycles. The van der Waals surface area contributed by atoms with Crippen molar-refractivity contribution in [2.45, 2.75) is 19.4 Å². The van der Waals surface area contributed by atoms with E-state index in [0.717, 1.165) is 16.8 Å². The first-order chi connectivity index (χ1) is 13.2. The first-order valence-electron chi connectivity index (χ1n) is 8.55. The number of aliphatic carboxylic acids is 1. The highest BCUT2D eigenvalue weighted by Crippen LogP contribution is 2.27. The third kappa shape index (κ3) is 4.82. The van der Waals surface area contributed by atoms with E-state index in [1.54, 1.807) is 19.4 Å². The number of aromatic nitrogens is 2. The summed E-state index contributed by atoms with van der Waals surface area (Å²) in [4.78, 5) is 19.7. The molecule has 0 bridgehead atoms. The monoisotopic (exact) mass is 364 g/mol. The van der Waals surface area contributed by atoms with Gasteiger partial charge in [0.1, 0.15) is 18.1 Å². The Morgan fingerprint density at radius 1 is 1.04 bits per heavy atom. The number of hydrogen-bond acceptors (Lipinski definition) is 5. The van der Waals surface area contributed by atoms with E-state index < -0.39 is 5.97 Å². The number of ether oxygens (including phenoxy) is 2. The number of hydrogen-bond donors (Lipinski definition) is 1. The number of methoxy groups -OCH3 is 1. The van der Waals surface area contributed by atoms with Crippen LogP contribution < -0.4 is 9.47 Å². The third-order valence-corrected chi connectivity index (χ3v) is 4.02. The van der Waals surface area contributed by atoms with Crippen molar-refractivity contribution in [3.63, 3.8) is 0 Å². The average molecular weight is 364 g/mol. The number of benzene rings is 2. The Balaban J connectivity index is 1.75. The molecule has 0 spiro atoms. The third-order valence-electron chi connectivity index (χ3n) is 4.02. The second-order valence-corrected chi connectivity index (χ2v) is 5.86. The Morgan fingerprint density at radius 3 is 2.56 bits per heavy atom. The molecule has 0 aliphatic rings. The van der Waals surface area contributed by atoms with Gasteiger partial charge in [-0.3, -0.25) is 4.79 Å². The van der Waals surface area contributed by atoms with E-state index in [9.17, 15) is 4.79 Å². The maximum Gasteiger partial charge on any atom is 0.303 e. The van der Waals surface area contributed by atoms with E-state index in [-0.39, 0.29) is 13.0 Å². The number of para-hydroxylation sites is 2. The van der Waals surface area contributed by atoms with Gasteiger partial charge >= 0.3 is 5.97 Å². The van der Waals surface area contributed by atoms with Crippen LogP contribution in [0.4, 0.5) is 0 Å². The minimum Gasteiger partial charge on any atom is -0.496 e. The van der Waals surface area contributed by atoms with Crippen molar-refractivity contribution in [1.82, 2.24) is 9.97 Å². The van der Waals surface area contributed by atoms with Crippen molar-refractivity contribution >= 4 is 5.97 Å². The topological polar surface area (TPSA) is 81.5 Å². The molecule has 1 N–H and O–H groups in total. The van der Waals surface area contributed by atoms with Gasteiger partial charge in [0.2, 0.25) is 0 Å². The van der Waals surface area contributed by atoms with Gasteiger partial charge in [0.05, 0.1) is 18.4 Å². The Kier molecular flexibility index (Phi) is 5.99. The second-order valence-electron chi connectivity index (χ2n) is 5.86. The van der Waals surface area contributed by atoms with Crippen LogP contribution >= 0.6 is 0 Å². The SMILES string of the molecule is COc1ccccc1-c1nccc(COc2ccccc2CCC(=O)O)n1. The summed E-state index contributed by atoms with van der Waals surface area (Å²) in [6.45, 7) is 0.259. The van der Waals surface area contributed by atoms with Crippen LogP contribution in [0.1, 0.15) is 17.7 Å². The van der Waals surface area contributed by atoms with Crippen LogP contribution in [0.2, 0.25) is 0 Å². The van der Waals surface area contributed by atoms with Gasteiger partial charge in [0.15, 0.2) is 5.82 Å². The molecule has 0 amide bonds. The summed E-state index contributed by atoms with van der Waals surface area (Å²) in [6, 6.07) is 16.8. The maximum absolute atomic E-state index is 10.8. The molecule has 3 rings (SSSR count). The van der Waals surface area contributed by atoms with Crippen molar-refractivity contribution in [3.05, 3.63) is 72.1 Å². The van der Waals surface area contributed by atoms with Gasteiger partial charge in [-0.2, -0.15) is 0 Å². The number of carboxylic acid groups (broad SMARTS) is 1. The lowest BCUT2D eigenvalue weighted by molar-refractivity contribution is -0.136. The van der Waals surface area contributed by atoms with Crippen LogP contribution in [0.15, 0.2) is 60.8 Å². The van der Waals surface area contributed by atoms with Crippen LogP contribution in [0, 0.1) is 0 Å². The Morgan fingerprint density at radius 2 is 1.78 bits per heavy atom. The van der Waals surface area contributed by atoms with Gasteiger partial charge in [-0.1, -0.05) is 30.3 Å². The molecule has 0 atom stereocenters. The molecular weight excluding hydrogens is 344 g/mol. The molecule has 138 valence electrons. The molecule has 6 nitrogen and oxygen atoms in total. The fourth-order valence-electron chi connectivity index (χ4n) is 2.68. The highest BCUT2D eigenvalue weighted by Gasteiger charge is 2.10. The fourth-order valence-corrected chi connectivity index (χ4v) is 2.68. The van der Waals surface area contributed by atoms with E-state index in [0.29, 0.717) is 23.7 Å². The van der Waals surface area contributed by atoms with E-state index in [2.05, 4.69) is 9.97 Å². The fraction of sp³-hybridized carbons (Fsp3) is 0.190. The van der Waals surface area contributed by atoms with Gasteiger partial charge in [0, 0.05) is 12.6 Å². The number of aryl methyl sites for hydroxylation is 1. The van der Waals surface area contributed by atoms with Crippen molar-refractivity contribution in [1.29, 1.82) is 0 Å². The highest BCUT2D eigenvalue weighted by molar-refractivity contribution is 5.67. The van der Waals surface area contributed by atoms with Crippen molar-refractivity contribution in [2.75, 3.05) is 7.11 Å². The standard InChI is InChI=1S/C21H20N2O4/c1-26-19-9-5-3-7-17(19)21-22-13-12-16(23-21)14-27-18-8-4-2-6-15(18)10-11-20(24)25/h2-9,12-13H,10-11,14H2,1H3,(H,24,25). The largest absolute Gasteiger partial charge is 0.496 e. The average Bonchev–Trinajstić information content (AvgIpc) is 2.71. The van der Waals surface area contributed by atoms with E-state index in [4.69, 9.17) is 14.6 Å². The lowest BCUT2D eigenvalue weighted by Crippen LogP contribution is -2.04. The zero-order chi connectivity index (χ0) is 19.1. The lowest BCUT2D eigenvalue weighted by Gasteiger charge is -2.11. The Labute approximate surface area is 157 Å². The summed E-state index contributed by atoms with van der Waals surface area (Å²) >= 11 is 0. The van der Waals surface area contributed by atoms with Crippen molar-refractivity contribution < 1.29 is 19.4 Å². The molecule has 0 aliphatic carbocycles. The zero-order valence-corrected chi connectivity index (χ0v) is 15.0. The van der Waals surface area contributed by atoms with Gasteiger partial charge in [0.25, 0.3) is 0 Å². The van der Waals surface area contributed by atoms with Crippen LogP contribution in [-0.4, -0.2) is 28.2 Å². The number of nitrogens with zero attached hydrogens (tertiary/aromatic N) is 2. The zero-order valence-electron chi connectivity index (χ0n) is 15.0. The smallest absolute Gasteiger partial charge is 0.303 e. The number of carboxylic acids is 1. The maximum atomic E-state index is 10.8. The van der Waals surface area contributed by atoms with Crippen LogP contribution in [0.5, 0.6) is 11.5 Å². The predicted octanol–water partition coefficient (Wildman–Crippen LogP) is 3.75.